The van der Waals surface area contributed by atoms with Gasteiger partial charge in [0, 0.05) is 13.0 Å². The summed E-state index contributed by atoms with van der Waals surface area (Å²) >= 11 is 0. The van der Waals surface area contributed by atoms with Crippen molar-refractivity contribution in [1.29, 1.82) is 0 Å². The molecule has 0 unspecified atom stereocenters. The van der Waals surface area contributed by atoms with E-state index in [1.165, 1.54) is 0 Å². The molecule has 0 saturated carbocycles. The fraction of sp³-hybridized carbons (Fsp3) is 0.600. The van der Waals surface area contributed by atoms with Gasteiger partial charge in [0.2, 0.25) is 0 Å². The van der Waals surface area contributed by atoms with Gasteiger partial charge in [0.15, 0.2) is 5.78 Å². The van der Waals surface area contributed by atoms with Crippen molar-refractivity contribution in [2.45, 2.75) is 27.2 Å². The lowest BCUT2D eigenvalue weighted by molar-refractivity contribution is 0.0930. The minimum atomic E-state index is 0.0418. The Kier molecular flexibility index (Phi) is 2.86. The van der Waals surface area contributed by atoms with E-state index in [0.29, 0.717) is 5.69 Å². The van der Waals surface area contributed by atoms with Crippen LogP contribution in [0, 0.1) is 5.92 Å². The lowest BCUT2D eigenvalue weighted by Crippen LogP contribution is -2.12. The number of hydrogen-bond donors (Lipinski definition) is 0. The molecule has 0 aliphatic heterocycles. The number of rotatable bonds is 3. The van der Waals surface area contributed by atoms with E-state index in [0.717, 1.165) is 12.1 Å². The smallest absolute Gasteiger partial charge is 0.183 e. The molecule has 0 amide bonds. The lowest BCUT2D eigenvalue weighted by Gasteiger charge is -2.02. The highest BCUT2D eigenvalue weighted by atomic mass is 16.1. The van der Waals surface area contributed by atoms with Gasteiger partial charge < -0.3 is 0 Å². The number of ketones is 1. The summed E-state index contributed by atoms with van der Waals surface area (Å²) in [7, 11) is 1.81. The first-order valence-electron chi connectivity index (χ1n) is 4.63. The fourth-order valence-corrected chi connectivity index (χ4v) is 1.23. The molecule has 1 rings (SSSR count). The Morgan fingerprint density at radius 2 is 2.23 bits per heavy atom. The summed E-state index contributed by atoms with van der Waals surface area (Å²) in [5.41, 5.74) is 1.69. The van der Waals surface area contributed by atoms with E-state index in [1.807, 2.05) is 33.9 Å². The van der Waals surface area contributed by atoms with E-state index in [9.17, 15) is 4.79 Å². The molecule has 1 aromatic rings. The first kappa shape index (κ1) is 9.96. The SMILES string of the molecule is CCc1cc(C(=O)C(C)C)n(C)n1. The van der Waals surface area contributed by atoms with E-state index in [1.54, 1.807) is 4.68 Å². The van der Waals surface area contributed by atoms with Gasteiger partial charge in [-0.15, -0.1) is 0 Å². The second-order valence-corrected chi connectivity index (χ2v) is 3.52. The predicted octanol–water partition coefficient (Wildman–Crippen LogP) is 1.82. The van der Waals surface area contributed by atoms with Crippen LogP contribution in [0.1, 0.15) is 37.0 Å². The largest absolute Gasteiger partial charge is 0.292 e. The van der Waals surface area contributed by atoms with E-state index in [-0.39, 0.29) is 11.7 Å². The lowest BCUT2D eigenvalue weighted by atomic mass is 10.1. The third-order valence-electron chi connectivity index (χ3n) is 2.07. The molecule has 13 heavy (non-hydrogen) atoms. The maximum Gasteiger partial charge on any atom is 0.183 e. The molecule has 0 N–H and O–H groups in total. The normalized spacial score (nSPS) is 10.8. The minimum absolute atomic E-state index is 0.0418. The Bertz CT molecular complexity index is 313. The van der Waals surface area contributed by atoms with Crippen LogP contribution in [0.25, 0.3) is 0 Å². The molecular weight excluding hydrogens is 164 g/mol. The number of carbonyl (C=O) groups excluding carboxylic acids is 1. The second-order valence-electron chi connectivity index (χ2n) is 3.52. The van der Waals surface area contributed by atoms with E-state index in [2.05, 4.69) is 5.10 Å². The van der Waals surface area contributed by atoms with Crippen LogP contribution in [0.4, 0.5) is 0 Å². The molecule has 0 aliphatic rings. The van der Waals surface area contributed by atoms with E-state index >= 15 is 0 Å². The average molecular weight is 180 g/mol. The van der Waals surface area contributed by atoms with Gasteiger partial charge in [-0.25, -0.2) is 0 Å². The number of nitrogens with zero attached hydrogens (tertiary/aromatic N) is 2. The summed E-state index contributed by atoms with van der Waals surface area (Å²) in [6, 6.07) is 1.88. The van der Waals surface area contributed by atoms with Gasteiger partial charge in [-0.2, -0.15) is 5.10 Å². The molecule has 0 atom stereocenters. The highest BCUT2D eigenvalue weighted by Gasteiger charge is 2.15. The fourth-order valence-electron chi connectivity index (χ4n) is 1.23. The van der Waals surface area contributed by atoms with Crippen molar-refractivity contribution in [3.8, 4) is 0 Å². The highest BCUT2D eigenvalue weighted by Crippen LogP contribution is 2.09. The van der Waals surface area contributed by atoms with Gasteiger partial charge in [-0.3, -0.25) is 9.48 Å². The maximum atomic E-state index is 11.6. The van der Waals surface area contributed by atoms with Crippen LogP contribution in [0.5, 0.6) is 0 Å². The van der Waals surface area contributed by atoms with Crippen molar-refractivity contribution in [2.75, 3.05) is 0 Å². The van der Waals surface area contributed by atoms with Crippen LogP contribution in [0.3, 0.4) is 0 Å². The van der Waals surface area contributed by atoms with Crippen molar-refractivity contribution in [1.82, 2.24) is 9.78 Å². The van der Waals surface area contributed by atoms with E-state index in [4.69, 9.17) is 0 Å². The van der Waals surface area contributed by atoms with Crippen molar-refractivity contribution in [3.63, 3.8) is 0 Å². The molecule has 1 heterocycles. The van der Waals surface area contributed by atoms with E-state index < -0.39 is 0 Å². The summed E-state index contributed by atoms with van der Waals surface area (Å²) in [6.45, 7) is 5.84. The molecule has 3 nitrogen and oxygen atoms in total. The summed E-state index contributed by atoms with van der Waals surface area (Å²) < 4.78 is 1.67. The Labute approximate surface area is 78.8 Å². The Hall–Kier alpha value is -1.12. The summed E-state index contributed by atoms with van der Waals surface area (Å²) in [5, 5.41) is 4.23. The molecule has 3 heteroatoms. The van der Waals surface area contributed by atoms with Crippen LogP contribution in [0.15, 0.2) is 6.07 Å². The van der Waals surface area contributed by atoms with Crippen molar-refractivity contribution in [3.05, 3.63) is 17.5 Å². The maximum absolute atomic E-state index is 11.6. The van der Waals surface area contributed by atoms with Crippen LogP contribution in [0.2, 0.25) is 0 Å². The van der Waals surface area contributed by atoms with Crippen LogP contribution in [-0.4, -0.2) is 15.6 Å². The number of carbonyl (C=O) groups is 1. The molecule has 0 fully saturated rings. The topological polar surface area (TPSA) is 34.9 Å². The van der Waals surface area contributed by atoms with Gasteiger partial charge >= 0.3 is 0 Å². The molecule has 0 saturated heterocycles. The van der Waals surface area contributed by atoms with Gasteiger partial charge in [-0.1, -0.05) is 20.8 Å². The second kappa shape index (κ2) is 3.73. The number of Topliss-reactive ketones (excluding diaryl/α,β-unsaturated/α-hetero) is 1. The summed E-state index contributed by atoms with van der Waals surface area (Å²) in [5.74, 6) is 0.204. The molecule has 0 bridgehead atoms. The van der Waals surface area contributed by atoms with Gasteiger partial charge in [0.25, 0.3) is 0 Å². The van der Waals surface area contributed by atoms with Gasteiger partial charge in [0.1, 0.15) is 5.69 Å². The quantitative estimate of drug-likeness (QED) is 0.665. The average Bonchev–Trinajstić information content (AvgIpc) is 2.45. The van der Waals surface area contributed by atoms with Crippen molar-refractivity contribution < 1.29 is 4.79 Å². The zero-order chi connectivity index (χ0) is 10.0. The molecule has 0 radical (unpaired) electrons. The molecule has 72 valence electrons. The number of aromatic nitrogens is 2. The van der Waals surface area contributed by atoms with Gasteiger partial charge in [0.05, 0.1) is 5.69 Å². The first-order valence-corrected chi connectivity index (χ1v) is 4.63. The summed E-state index contributed by atoms with van der Waals surface area (Å²) in [6.07, 6.45) is 0.874. The standard InChI is InChI=1S/C10H16N2O/c1-5-8-6-9(12(4)11-8)10(13)7(2)3/h6-7H,5H2,1-4H3. The predicted molar refractivity (Wildman–Crippen MR) is 51.8 cm³/mol. The summed E-state index contributed by atoms with van der Waals surface area (Å²) in [4.78, 5) is 11.6. The zero-order valence-corrected chi connectivity index (χ0v) is 8.66. The minimum Gasteiger partial charge on any atom is -0.292 e. The monoisotopic (exact) mass is 180 g/mol. The van der Waals surface area contributed by atoms with Crippen LogP contribution < -0.4 is 0 Å². The van der Waals surface area contributed by atoms with Crippen LogP contribution >= 0.6 is 0 Å². The third kappa shape index (κ3) is 1.97. The number of aryl methyl sites for hydroxylation is 2. The molecular formula is C10H16N2O. The first-order chi connectivity index (χ1) is 6.06. The van der Waals surface area contributed by atoms with Crippen molar-refractivity contribution in [2.24, 2.45) is 13.0 Å². The van der Waals surface area contributed by atoms with Gasteiger partial charge in [-0.05, 0) is 12.5 Å². The molecule has 0 aliphatic carbocycles. The Morgan fingerprint density at radius 3 is 2.62 bits per heavy atom. The Morgan fingerprint density at radius 1 is 1.62 bits per heavy atom. The molecule has 0 spiro atoms. The van der Waals surface area contributed by atoms with Crippen LogP contribution in [-0.2, 0) is 13.5 Å². The zero-order valence-electron chi connectivity index (χ0n) is 8.66. The highest BCUT2D eigenvalue weighted by molar-refractivity contribution is 5.95. The van der Waals surface area contributed by atoms with Crippen molar-refractivity contribution >= 4 is 5.78 Å². The molecule has 1 aromatic heterocycles. The molecule has 0 aromatic carbocycles. The third-order valence-corrected chi connectivity index (χ3v) is 2.07. The number of hydrogen-bond acceptors (Lipinski definition) is 2. The Balaban J connectivity index is 3.00.